The van der Waals surface area contributed by atoms with Crippen LogP contribution in [-0.2, 0) is 11.8 Å². The van der Waals surface area contributed by atoms with Crippen molar-refractivity contribution in [3.05, 3.63) is 36.5 Å². The van der Waals surface area contributed by atoms with Gasteiger partial charge in [0.05, 0.1) is 11.7 Å². The van der Waals surface area contributed by atoms with Gasteiger partial charge in [-0.05, 0) is 30.7 Å². The Hall–Kier alpha value is -2.14. The molecule has 1 heterocycles. The Balaban J connectivity index is 2.16. The van der Waals surface area contributed by atoms with Gasteiger partial charge in [-0.1, -0.05) is 12.1 Å². The Morgan fingerprint density at radius 2 is 2.00 bits per heavy atom. The zero-order valence-corrected chi connectivity index (χ0v) is 10.4. The van der Waals surface area contributed by atoms with Gasteiger partial charge >= 0.3 is 0 Å². The molecule has 0 aliphatic carbocycles. The van der Waals surface area contributed by atoms with Crippen molar-refractivity contribution in [3.63, 3.8) is 0 Å². The fourth-order valence-corrected chi connectivity index (χ4v) is 1.64. The minimum absolute atomic E-state index is 0.191. The lowest BCUT2D eigenvalue weighted by molar-refractivity contribution is -0.117. The van der Waals surface area contributed by atoms with Crippen LogP contribution in [0.3, 0.4) is 0 Å². The number of hydrogen-bond acceptors (Lipinski definition) is 3. The van der Waals surface area contributed by atoms with Crippen molar-refractivity contribution in [2.45, 2.75) is 13.0 Å². The summed E-state index contributed by atoms with van der Waals surface area (Å²) < 4.78 is 1.80. The summed E-state index contributed by atoms with van der Waals surface area (Å²) in [5, 5.41) is 6.86. The average Bonchev–Trinajstić information content (AvgIpc) is 2.76. The molecule has 1 aromatic carbocycles. The molecule has 1 amide bonds. The number of benzene rings is 1. The second-order valence-corrected chi connectivity index (χ2v) is 4.20. The maximum atomic E-state index is 11.4. The van der Waals surface area contributed by atoms with E-state index in [0.29, 0.717) is 0 Å². The molecule has 0 spiro atoms. The first-order chi connectivity index (χ1) is 8.58. The zero-order valence-electron chi connectivity index (χ0n) is 10.4. The molecule has 0 unspecified atom stereocenters. The molecule has 0 fully saturated rings. The molecule has 3 N–H and O–H groups in total. The lowest BCUT2D eigenvalue weighted by atomic mass is 10.1. The highest BCUT2D eigenvalue weighted by atomic mass is 16.2. The van der Waals surface area contributed by atoms with Crippen LogP contribution < -0.4 is 11.1 Å². The van der Waals surface area contributed by atoms with Gasteiger partial charge in [0.2, 0.25) is 5.91 Å². The topological polar surface area (TPSA) is 72.9 Å². The molecule has 18 heavy (non-hydrogen) atoms. The predicted octanol–water partition coefficient (Wildman–Crippen LogP) is 1.37. The lowest BCUT2D eigenvalue weighted by Crippen LogP contribution is -2.32. The third-order valence-corrected chi connectivity index (χ3v) is 2.68. The number of anilines is 1. The summed E-state index contributed by atoms with van der Waals surface area (Å²) in [6.07, 6.45) is 1.75. The molecule has 5 heteroatoms. The van der Waals surface area contributed by atoms with Gasteiger partial charge in [-0.3, -0.25) is 9.48 Å². The van der Waals surface area contributed by atoms with Crippen molar-refractivity contribution in [1.29, 1.82) is 0 Å². The van der Waals surface area contributed by atoms with E-state index >= 15 is 0 Å². The number of nitrogens with two attached hydrogens (primary N) is 1. The van der Waals surface area contributed by atoms with E-state index in [1.807, 2.05) is 37.4 Å². The van der Waals surface area contributed by atoms with Crippen LogP contribution in [0.25, 0.3) is 11.3 Å². The van der Waals surface area contributed by atoms with Crippen molar-refractivity contribution in [3.8, 4) is 11.3 Å². The van der Waals surface area contributed by atoms with E-state index in [0.717, 1.165) is 16.9 Å². The third-order valence-electron chi connectivity index (χ3n) is 2.68. The highest BCUT2D eigenvalue weighted by Gasteiger charge is 2.07. The smallest absolute Gasteiger partial charge is 0.240 e. The van der Waals surface area contributed by atoms with Crippen molar-refractivity contribution in [2.24, 2.45) is 12.8 Å². The standard InChI is InChI=1S/C13H16N4O/c1-9(14)13(18)16-11-5-3-10(4-6-11)12-7-8-15-17(12)2/h3-9H,14H2,1-2H3,(H,16,18)/t9-/m1/s1. The number of aryl methyl sites for hydroxylation is 1. The van der Waals surface area contributed by atoms with Gasteiger partial charge < -0.3 is 11.1 Å². The highest BCUT2D eigenvalue weighted by Crippen LogP contribution is 2.20. The molecule has 0 aliphatic heterocycles. The van der Waals surface area contributed by atoms with E-state index in [1.165, 1.54) is 0 Å². The van der Waals surface area contributed by atoms with Gasteiger partial charge in [-0.2, -0.15) is 5.10 Å². The molecular weight excluding hydrogens is 228 g/mol. The number of carbonyl (C=O) groups is 1. The molecule has 0 saturated heterocycles. The zero-order chi connectivity index (χ0) is 13.1. The highest BCUT2D eigenvalue weighted by molar-refractivity contribution is 5.94. The number of hydrogen-bond donors (Lipinski definition) is 2. The fraction of sp³-hybridized carbons (Fsp3) is 0.231. The van der Waals surface area contributed by atoms with E-state index in [4.69, 9.17) is 5.73 Å². The van der Waals surface area contributed by atoms with E-state index in [2.05, 4.69) is 10.4 Å². The first kappa shape index (κ1) is 12.3. The SMILES string of the molecule is C[C@@H](N)C(=O)Nc1ccc(-c2ccnn2C)cc1. The average molecular weight is 244 g/mol. The second kappa shape index (κ2) is 5.01. The van der Waals surface area contributed by atoms with Crippen molar-refractivity contribution in [2.75, 3.05) is 5.32 Å². The van der Waals surface area contributed by atoms with Crippen molar-refractivity contribution >= 4 is 11.6 Å². The molecule has 0 saturated carbocycles. The number of rotatable bonds is 3. The summed E-state index contributed by atoms with van der Waals surface area (Å²) in [5.41, 5.74) is 8.30. The first-order valence-electron chi connectivity index (χ1n) is 5.73. The molecule has 0 radical (unpaired) electrons. The summed E-state index contributed by atoms with van der Waals surface area (Å²) >= 11 is 0. The Morgan fingerprint density at radius 3 is 2.50 bits per heavy atom. The van der Waals surface area contributed by atoms with E-state index in [1.54, 1.807) is 17.8 Å². The summed E-state index contributed by atoms with van der Waals surface area (Å²) in [7, 11) is 1.89. The van der Waals surface area contributed by atoms with Gasteiger partial charge in [-0.25, -0.2) is 0 Å². The van der Waals surface area contributed by atoms with E-state index in [-0.39, 0.29) is 5.91 Å². The van der Waals surface area contributed by atoms with E-state index < -0.39 is 6.04 Å². The maximum absolute atomic E-state index is 11.4. The Kier molecular flexibility index (Phi) is 3.43. The molecule has 2 rings (SSSR count). The van der Waals surface area contributed by atoms with Gasteiger partial charge in [0.1, 0.15) is 0 Å². The summed E-state index contributed by atoms with van der Waals surface area (Å²) in [6.45, 7) is 1.65. The lowest BCUT2D eigenvalue weighted by Gasteiger charge is -2.08. The monoisotopic (exact) mass is 244 g/mol. The largest absolute Gasteiger partial charge is 0.325 e. The first-order valence-corrected chi connectivity index (χ1v) is 5.73. The van der Waals surface area contributed by atoms with Crippen molar-refractivity contribution in [1.82, 2.24) is 9.78 Å². The van der Waals surface area contributed by atoms with Crippen LogP contribution in [0.4, 0.5) is 5.69 Å². The minimum Gasteiger partial charge on any atom is -0.325 e. The second-order valence-electron chi connectivity index (χ2n) is 4.20. The summed E-state index contributed by atoms with van der Waals surface area (Å²) in [6, 6.07) is 9.00. The Bertz CT molecular complexity index is 542. The number of nitrogens with zero attached hydrogens (tertiary/aromatic N) is 2. The maximum Gasteiger partial charge on any atom is 0.240 e. The van der Waals surface area contributed by atoms with Gasteiger partial charge in [0.15, 0.2) is 0 Å². The molecule has 5 nitrogen and oxygen atoms in total. The Morgan fingerprint density at radius 1 is 1.33 bits per heavy atom. The van der Waals surface area contributed by atoms with E-state index in [9.17, 15) is 4.79 Å². The van der Waals surface area contributed by atoms with Gasteiger partial charge in [0, 0.05) is 18.9 Å². The number of aromatic nitrogens is 2. The fourth-order valence-electron chi connectivity index (χ4n) is 1.64. The normalized spacial score (nSPS) is 12.2. The van der Waals surface area contributed by atoms with Crippen LogP contribution in [0.15, 0.2) is 36.5 Å². The van der Waals surface area contributed by atoms with Crippen LogP contribution in [0.2, 0.25) is 0 Å². The van der Waals surface area contributed by atoms with Crippen LogP contribution >= 0.6 is 0 Å². The van der Waals surface area contributed by atoms with Crippen LogP contribution in [-0.4, -0.2) is 21.7 Å². The number of carbonyl (C=O) groups excluding carboxylic acids is 1. The molecule has 94 valence electrons. The third kappa shape index (κ3) is 2.57. The molecule has 2 aromatic rings. The number of nitrogens with one attached hydrogen (secondary N) is 1. The molecule has 0 bridgehead atoms. The number of amides is 1. The van der Waals surface area contributed by atoms with Crippen LogP contribution in [0.5, 0.6) is 0 Å². The van der Waals surface area contributed by atoms with Crippen LogP contribution in [0.1, 0.15) is 6.92 Å². The summed E-state index contributed by atoms with van der Waals surface area (Å²) in [5.74, 6) is -0.191. The molecule has 1 atom stereocenters. The van der Waals surface area contributed by atoms with Gasteiger partial charge in [0.25, 0.3) is 0 Å². The Labute approximate surface area is 106 Å². The quantitative estimate of drug-likeness (QED) is 0.856. The molecule has 0 aliphatic rings. The molecule has 1 aromatic heterocycles. The van der Waals surface area contributed by atoms with Gasteiger partial charge in [-0.15, -0.1) is 0 Å². The van der Waals surface area contributed by atoms with Crippen molar-refractivity contribution < 1.29 is 4.79 Å². The minimum atomic E-state index is -0.512. The predicted molar refractivity (Wildman–Crippen MR) is 70.9 cm³/mol. The molecular formula is C13H16N4O. The van der Waals surface area contributed by atoms with Crippen LogP contribution in [0, 0.1) is 0 Å². The summed E-state index contributed by atoms with van der Waals surface area (Å²) in [4.78, 5) is 11.4.